The second kappa shape index (κ2) is 7.24. The summed E-state index contributed by atoms with van der Waals surface area (Å²) in [6.07, 6.45) is 0.812. The van der Waals surface area contributed by atoms with Crippen molar-refractivity contribution < 1.29 is 14.3 Å². The first-order valence-corrected chi connectivity index (χ1v) is 11.3. The summed E-state index contributed by atoms with van der Waals surface area (Å²) in [5, 5.41) is 0. The number of halogens is 1. The molecule has 2 atom stereocenters. The number of fused-ring (bicyclic) bond motifs is 3. The van der Waals surface area contributed by atoms with Crippen LogP contribution < -0.4 is 0 Å². The Labute approximate surface area is 195 Å². The van der Waals surface area contributed by atoms with Crippen molar-refractivity contribution in [3.63, 3.8) is 0 Å². The van der Waals surface area contributed by atoms with Gasteiger partial charge in [-0.1, -0.05) is 73.3 Å². The highest BCUT2D eigenvalue weighted by Gasteiger charge is 2.67. The number of carbonyl (C=O) groups excluding carboxylic acids is 2. The van der Waals surface area contributed by atoms with Crippen LogP contribution in [0.4, 0.5) is 0 Å². The van der Waals surface area contributed by atoms with Crippen molar-refractivity contribution in [3.8, 4) is 0 Å². The van der Waals surface area contributed by atoms with Crippen LogP contribution in [-0.2, 0) is 17.6 Å². The van der Waals surface area contributed by atoms with Crippen LogP contribution in [0, 0.1) is 8.99 Å². The number of benzene rings is 3. The molecule has 0 saturated heterocycles. The summed E-state index contributed by atoms with van der Waals surface area (Å²) in [6, 6.07) is 23.0. The molecule has 4 heteroatoms. The van der Waals surface area contributed by atoms with E-state index in [1.54, 1.807) is 18.2 Å². The zero-order valence-electron chi connectivity index (χ0n) is 17.2. The van der Waals surface area contributed by atoms with Gasteiger partial charge in [0.15, 0.2) is 11.4 Å². The number of ether oxygens (including phenoxy) is 1. The fraction of sp³-hybridized carbons (Fsp3) is 0.185. The fourth-order valence-corrected chi connectivity index (χ4v) is 6.04. The molecule has 3 aromatic rings. The molecular formula is C27H21IO3. The van der Waals surface area contributed by atoms with E-state index < -0.39 is 11.0 Å². The smallest absolute Gasteiger partial charge is 0.201 e. The lowest BCUT2D eigenvalue weighted by atomic mass is 9.50. The Morgan fingerprint density at radius 3 is 2.13 bits per heavy atom. The van der Waals surface area contributed by atoms with Gasteiger partial charge in [0.05, 0.1) is 5.41 Å². The molecular weight excluding hydrogens is 499 g/mol. The van der Waals surface area contributed by atoms with Crippen LogP contribution in [0.25, 0.3) is 5.57 Å². The van der Waals surface area contributed by atoms with Crippen LogP contribution in [0.15, 0.2) is 79.4 Å². The summed E-state index contributed by atoms with van der Waals surface area (Å²) >= 11 is 2.29. The van der Waals surface area contributed by atoms with Crippen molar-refractivity contribution in [2.75, 3.05) is 7.11 Å². The zero-order valence-corrected chi connectivity index (χ0v) is 19.3. The Balaban J connectivity index is 1.86. The van der Waals surface area contributed by atoms with E-state index in [0.717, 1.165) is 20.3 Å². The van der Waals surface area contributed by atoms with E-state index in [4.69, 9.17) is 4.74 Å². The van der Waals surface area contributed by atoms with Crippen molar-refractivity contribution >= 4 is 39.7 Å². The second-order valence-corrected chi connectivity index (χ2v) is 9.41. The quantitative estimate of drug-likeness (QED) is 0.426. The molecule has 3 nitrogen and oxygen atoms in total. The van der Waals surface area contributed by atoms with Gasteiger partial charge in [-0.25, -0.2) is 0 Å². The Hall–Kier alpha value is -2.57. The third kappa shape index (κ3) is 2.61. The Bertz CT molecular complexity index is 1260. The van der Waals surface area contributed by atoms with Gasteiger partial charge >= 0.3 is 0 Å². The molecule has 0 amide bonds. The van der Waals surface area contributed by atoms with E-state index in [0.29, 0.717) is 29.5 Å². The topological polar surface area (TPSA) is 43.4 Å². The normalized spacial score (nSPS) is 24.4. The van der Waals surface area contributed by atoms with Gasteiger partial charge in [0.1, 0.15) is 0 Å². The molecule has 2 aliphatic carbocycles. The minimum absolute atomic E-state index is 0.0557. The summed E-state index contributed by atoms with van der Waals surface area (Å²) in [5.41, 5.74) is 1.82. The van der Waals surface area contributed by atoms with Crippen molar-refractivity contribution in [1.29, 1.82) is 0 Å². The van der Waals surface area contributed by atoms with Gasteiger partial charge in [-0.15, -0.1) is 0 Å². The van der Waals surface area contributed by atoms with E-state index in [-0.39, 0.29) is 11.6 Å². The molecule has 5 rings (SSSR count). The number of hydrogen-bond donors (Lipinski definition) is 0. The first-order chi connectivity index (χ1) is 15.0. The molecule has 154 valence electrons. The van der Waals surface area contributed by atoms with Crippen molar-refractivity contribution in [2.45, 2.75) is 18.4 Å². The van der Waals surface area contributed by atoms with Gasteiger partial charge in [-0.2, -0.15) is 0 Å². The number of carbonyl (C=O) groups is 2. The summed E-state index contributed by atoms with van der Waals surface area (Å²) in [6.45, 7) is 4.35. The van der Waals surface area contributed by atoms with Crippen LogP contribution in [0.1, 0.15) is 37.4 Å². The van der Waals surface area contributed by atoms with Crippen LogP contribution in [0.2, 0.25) is 0 Å². The highest BCUT2D eigenvalue weighted by molar-refractivity contribution is 14.1. The monoisotopic (exact) mass is 520 g/mol. The number of rotatable bonds is 3. The maximum atomic E-state index is 14.3. The lowest BCUT2D eigenvalue weighted by Crippen LogP contribution is -2.66. The largest absolute Gasteiger partial charge is 0.364 e. The fourth-order valence-electron chi connectivity index (χ4n) is 5.46. The third-order valence-electron chi connectivity index (χ3n) is 6.86. The number of methoxy groups -OCH3 is 1. The van der Waals surface area contributed by atoms with Gasteiger partial charge < -0.3 is 4.74 Å². The van der Waals surface area contributed by atoms with E-state index in [1.807, 2.05) is 54.6 Å². The summed E-state index contributed by atoms with van der Waals surface area (Å²) in [4.78, 5) is 28.4. The molecule has 2 aliphatic rings. The van der Waals surface area contributed by atoms with Crippen molar-refractivity contribution in [2.24, 2.45) is 5.41 Å². The zero-order chi connectivity index (χ0) is 21.8. The maximum Gasteiger partial charge on any atom is 0.201 e. The van der Waals surface area contributed by atoms with Gasteiger partial charge in [0.25, 0.3) is 0 Å². The van der Waals surface area contributed by atoms with Crippen LogP contribution in [0.3, 0.4) is 0 Å². The van der Waals surface area contributed by atoms with E-state index >= 15 is 0 Å². The van der Waals surface area contributed by atoms with Gasteiger partial charge in [-0.05, 0) is 63.8 Å². The molecule has 0 saturated carbocycles. The minimum atomic E-state index is -1.45. The maximum absolute atomic E-state index is 14.3. The summed E-state index contributed by atoms with van der Waals surface area (Å²) in [7, 11) is 1.53. The van der Waals surface area contributed by atoms with Gasteiger partial charge in [0.2, 0.25) is 5.78 Å². The lowest BCUT2D eigenvalue weighted by molar-refractivity contribution is -0.0397. The van der Waals surface area contributed by atoms with Crippen molar-refractivity contribution in [3.05, 3.63) is 111 Å². The number of ketones is 2. The highest BCUT2D eigenvalue weighted by Crippen LogP contribution is 2.58. The molecule has 0 spiro atoms. The van der Waals surface area contributed by atoms with Crippen LogP contribution in [-0.4, -0.2) is 24.3 Å². The molecule has 0 aliphatic heterocycles. The number of Topliss-reactive ketones (excluding diaryl/α,β-unsaturated/α-hetero) is 2. The Morgan fingerprint density at radius 2 is 1.45 bits per heavy atom. The van der Waals surface area contributed by atoms with E-state index in [9.17, 15) is 9.59 Å². The summed E-state index contributed by atoms with van der Waals surface area (Å²) < 4.78 is 7.19. The first kappa shape index (κ1) is 20.3. The molecule has 0 radical (unpaired) electrons. The molecule has 3 aromatic carbocycles. The predicted octanol–water partition coefficient (Wildman–Crippen LogP) is 5.55. The SMILES string of the molecule is C=C1c2ccccc2CC2(Cc3ccccc3I)C(=O)c3ccccc3C(=O)C12OC. The average Bonchev–Trinajstić information content (AvgIpc) is 2.79. The lowest BCUT2D eigenvalue weighted by Gasteiger charge is -2.54. The molecule has 0 bridgehead atoms. The van der Waals surface area contributed by atoms with E-state index in [1.165, 1.54) is 7.11 Å². The predicted molar refractivity (Wildman–Crippen MR) is 129 cm³/mol. The van der Waals surface area contributed by atoms with E-state index in [2.05, 4.69) is 29.2 Å². The molecule has 0 N–H and O–H groups in total. The standard InChI is InChI=1S/C27H21IO3/c1-17-20-11-5-3-9-18(20)15-26(16-19-10-4-8-14-23(19)28)24(29)21-12-6-7-13-22(21)25(30)27(17,26)31-2/h3-14H,1,15-16H2,2H3. The molecule has 2 unspecified atom stereocenters. The molecule has 0 fully saturated rings. The highest BCUT2D eigenvalue weighted by atomic mass is 127. The van der Waals surface area contributed by atoms with Crippen LogP contribution >= 0.6 is 22.6 Å². The minimum Gasteiger partial charge on any atom is -0.364 e. The average molecular weight is 520 g/mol. The van der Waals surface area contributed by atoms with Gasteiger partial charge in [0, 0.05) is 21.8 Å². The molecule has 0 heterocycles. The number of hydrogen-bond acceptors (Lipinski definition) is 3. The first-order valence-electron chi connectivity index (χ1n) is 10.2. The van der Waals surface area contributed by atoms with Crippen LogP contribution in [0.5, 0.6) is 0 Å². The second-order valence-electron chi connectivity index (χ2n) is 8.25. The van der Waals surface area contributed by atoms with Crippen molar-refractivity contribution in [1.82, 2.24) is 0 Å². The third-order valence-corrected chi connectivity index (χ3v) is 7.91. The molecule has 31 heavy (non-hydrogen) atoms. The van der Waals surface area contributed by atoms with Gasteiger partial charge in [-0.3, -0.25) is 9.59 Å². The Kier molecular flexibility index (Phi) is 4.75. The Morgan fingerprint density at radius 1 is 0.871 bits per heavy atom. The summed E-state index contributed by atoms with van der Waals surface area (Å²) in [5.74, 6) is -0.240. The molecule has 0 aromatic heterocycles.